The maximum Gasteiger partial charge on any atom is 0.151 e. The lowest BCUT2D eigenvalue weighted by Gasteiger charge is -2.36. The van der Waals surface area contributed by atoms with Crippen molar-refractivity contribution in [3.8, 4) is 11.5 Å². The molecular formula is C21H28N4O3. The highest BCUT2D eigenvalue weighted by Gasteiger charge is 2.41. The minimum absolute atomic E-state index is 0.0471. The number of nitrogens with zero attached hydrogens (tertiary/aromatic N) is 3. The van der Waals surface area contributed by atoms with Gasteiger partial charge >= 0.3 is 0 Å². The molecule has 0 bridgehead atoms. The van der Waals surface area contributed by atoms with Crippen LogP contribution in [0.4, 0.5) is 5.69 Å². The SMILES string of the molecule is C=C(C)CN1CCN(CC2ON=C3c4cc5c(cc4OCC32)NCCO5)CC1. The Labute approximate surface area is 165 Å². The number of oxime groups is 1. The van der Waals surface area contributed by atoms with Crippen LogP contribution in [0.25, 0.3) is 0 Å². The van der Waals surface area contributed by atoms with E-state index in [1.165, 1.54) is 5.57 Å². The molecule has 0 radical (unpaired) electrons. The van der Waals surface area contributed by atoms with Gasteiger partial charge in [-0.2, -0.15) is 0 Å². The van der Waals surface area contributed by atoms with Crippen LogP contribution in [0.3, 0.4) is 0 Å². The van der Waals surface area contributed by atoms with Crippen LogP contribution in [-0.4, -0.2) is 80.6 Å². The monoisotopic (exact) mass is 384 g/mol. The molecule has 0 aliphatic carbocycles. The molecule has 7 nitrogen and oxygen atoms in total. The largest absolute Gasteiger partial charge is 0.492 e. The van der Waals surface area contributed by atoms with Gasteiger partial charge in [-0.3, -0.25) is 9.80 Å². The van der Waals surface area contributed by atoms with Gasteiger partial charge in [0.15, 0.2) is 6.10 Å². The fraction of sp³-hybridized carbons (Fsp3) is 0.571. The number of hydrogen-bond acceptors (Lipinski definition) is 7. The number of hydrogen-bond donors (Lipinski definition) is 1. The molecule has 1 saturated heterocycles. The van der Waals surface area contributed by atoms with Crippen LogP contribution >= 0.6 is 0 Å². The maximum absolute atomic E-state index is 6.09. The van der Waals surface area contributed by atoms with E-state index in [0.717, 1.165) is 74.3 Å². The number of benzene rings is 1. The van der Waals surface area contributed by atoms with Crippen molar-refractivity contribution in [2.45, 2.75) is 13.0 Å². The van der Waals surface area contributed by atoms with Crippen LogP contribution in [0.1, 0.15) is 12.5 Å². The highest BCUT2D eigenvalue weighted by Crippen LogP contribution is 2.40. The molecule has 28 heavy (non-hydrogen) atoms. The van der Waals surface area contributed by atoms with E-state index in [-0.39, 0.29) is 12.0 Å². The fourth-order valence-corrected chi connectivity index (χ4v) is 4.47. The lowest BCUT2D eigenvalue weighted by molar-refractivity contribution is 0.0101. The Balaban J connectivity index is 1.24. The van der Waals surface area contributed by atoms with Gasteiger partial charge in [0.2, 0.25) is 0 Å². The normalized spacial score (nSPS) is 26.5. The van der Waals surface area contributed by atoms with Gasteiger partial charge in [0.25, 0.3) is 0 Å². The Bertz CT molecular complexity index is 801. The van der Waals surface area contributed by atoms with E-state index in [4.69, 9.17) is 14.3 Å². The van der Waals surface area contributed by atoms with Crippen molar-refractivity contribution in [1.82, 2.24) is 9.80 Å². The number of rotatable bonds is 4. The minimum Gasteiger partial charge on any atom is -0.492 e. The third-order valence-electron chi connectivity index (χ3n) is 5.93. The van der Waals surface area contributed by atoms with Crippen molar-refractivity contribution in [2.24, 2.45) is 11.1 Å². The highest BCUT2D eigenvalue weighted by atomic mass is 16.6. The standard InChI is InChI=1S/C21H28N4O3/c1-14(2)11-24-4-6-25(7-5-24)12-20-16-13-27-18-10-17-19(26-8-3-22-17)9-15(18)21(16)23-28-20/h9-10,16,20,22H,1,3-8,11-13H2,2H3. The molecule has 0 saturated carbocycles. The third-order valence-corrected chi connectivity index (χ3v) is 5.93. The first-order chi connectivity index (χ1) is 13.7. The van der Waals surface area contributed by atoms with Gasteiger partial charge in [-0.1, -0.05) is 17.3 Å². The van der Waals surface area contributed by atoms with Gasteiger partial charge in [0, 0.05) is 57.4 Å². The van der Waals surface area contributed by atoms with Crippen molar-refractivity contribution < 1.29 is 14.3 Å². The first-order valence-electron chi connectivity index (χ1n) is 10.2. The van der Waals surface area contributed by atoms with Gasteiger partial charge in [0.1, 0.15) is 30.4 Å². The summed E-state index contributed by atoms with van der Waals surface area (Å²) in [5.74, 6) is 1.91. The van der Waals surface area contributed by atoms with Crippen molar-refractivity contribution in [1.29, 1.82) is 0 Å². The molecule has 4 heterocycles. The number of anilines is 1. The summed E-state index contributed by atoms with van der Waals surface area (Å²) in [5, 5.41) is 7.82. The van der Waals surface area contributed by atoms with Crippen LogP contribution in [0.2, 0.25) is 0 Å². The molecule has 4 aliphatic heterocycles. The molecule has 4 aliphatic rings. The average molecular weight is 384 g/mol. The van der Waals surface area contributed by atoms with Gasteiger partial charge in [-0.25, -0.2) is 0 Å². The van der Waals surface area contributed by atoms with Crippen LogP contribution in [0, 0.1) is 5.92 Å². The van der Waals surface area contributed by atoms with Crippen LogP contribution in [-0.2, 0) is 4.84 Å². The second-order valence-corrected chi connectivity index (χ2v) is 8.19. The van der Waals surface area contributed by atoms with Gasteiger partial charge < -0.3 is 19.6 Å². The second-order valence-electron chi connectivity index (χ2n) is 8.19. The molecule has 2 unspecified atom stereocenters. The number of ether oxygens (including phenoxy) is 2. The van der Waals surface area contributed by atoms with Gasteiger partial charge in [0.05, 0.1) is 11.6 Å². The summed E-state index contributed by atoms with van der Waals surface area (Å²) in [4.78, 5) is 10.8. The summed E-state index contributed by atoms with van der Waals surface area (Å²) in [7, 11) is 0. The minimum atomic E-state index is 0.0471. The smallest absolute Gasteiger partial charge is 0.151 e. The van der Waals surface area contributed by atoms with Crippen molar-refractivity contribution >= 4 is 11.4 Å². The summed E-state index contributed by atoms with van der Waals surface area (Å²) in [6, 6.07) is 4.07. The Hall–Kier alpha value is -2.25. The lowest BCUT2D eigenvalue weighted by atomic mass is 9.89. The summed E-state index contributed by atoms with van der Waals surface area (Å²) < 4.78 is 11.9. The first-order valence-corrected chi connectivity index (χ1v) is 10.2. The molecule has 1 aromatic rings. The molecule has 2 atom stereocenters. The predicted octanol–water partition coefficient (Wildman–Crippen LogP) is 1.80. The van der Waals surface area contributed by atoms with E-state index in [0.29, 0.717) is 13.2 Å². The van der Waals surface area contributed by atoms with Gasteiger partial charge in [-0.15, -0.1) is 0 Å². The summed E-state index contributed by atoms with van der Waals surface area (Å²) >= 11 is 0. The molecule has 7 heteroatoms. The van der Waals surface area contributed by atoms with Crippen LogP contribution < -0.4 is 14.8 Å². The fourth-order valence-electron chi connectivity index (χ4n) is 4.47. The van der Waals surface area contributed by atoms with E-state index in [1.807, 2.05) is 12.1 Å². The van der Waals surface area contributed by atoms with Crippen molar-refractivity contribution in [2.75, 3.05) is 64.3 Å². The zero-order valence-corrected chi connectivity index (χ0v) is 16.4. The lowest BCUT2D eigenvalue weighted by Crippen LogP contribution is -2.50. The van der Waals surface area contributed by atoms with E-state index in [2.05, 4.69) is 33.8 Å². The van der Waals surface area contributed by atoms with Crippen molar-refractivity contribution in [3.63, 3.8) is 0 Å². The first kappa shape index (κ1) is 17.8. The Morgan fingerprint density at radius 3 is 2.82 bits per heavy atom. The number of piperazine rings is 1. The Morgan fingerprint density at radius 1 is 1.18 bits per heavy atom. The Morgan fingerprint density at radius 2 is 2.00 bits per heavy atom. The van der Waals surface area contributed by atoms with Crippen LogP contribution in [0.15, 0.2) is 29.4 Å². The van der Waals surface area contributed by atoms with Crippen LogP contribution in [0.5, 0.6) is 11.5 Å². The second kappa shape index (κ2) is 7.29. The zero-order valence-electron chi connectivity index (χ0n) is 16.4. The zero-order chi connectivity index (χ0) is 19.1. The quantitative estimate of drug-likeness (QED) is 0.799. The molecule has 1 aromatic carbocycles. The molecule has 1 fully saturated rings. The number of fused-ring (bicyclic) bond motifs is 4. The van der Waals surface area contributed by atoms with Gasteiger partial charge in [-0.05, 0) is 13.0 Å². The maximum atomic E-state index is 6.09. The number of nitrogens with one attached hydrogen (secondary N) is 1. The summed E-state index contributed by atoms with van der Waals surface area (Å²) in [6.45, 7) is 14.4. The molecule has 5 rings (SSSR count). The predicted molar refractivity (Wildman–Crippen MR) is 109 cm³/mol. The molecular weight excluding hydrogens is 356 g/mol. The molecule has 0 aromatic heterocycles. The molecule has 150 valence electrons. The molecule has 0 spiro atoms. The Kier molecular flexibility index (Phi) is 4.64. The summed E-state index contributed by atoms with van der Waals surface area (Å²) in [5.41, 5.74) is 4.23. The van der Waals surface area contributed by atoms with E-state index < -0.39 is 0 Å². The topological polar surface area (TPSA) is 58.6 Å². The third kappa shape index (κ3) is 3.33. The summed E-state index contributed by atoms with van der Waals surface area (Å²) in [6.07, 6.45) is 0.0471. The highest BCUT2D eigenvalue weighted by molar-refractivity contribution is 6.07. The van der Waals surface area contributed by atoms with Crippen molar-refractivity contribution in [3.05, 3.63) is 29.8 Å². The average Bonchev–Trinajstić information content (AvgIpc) is 3.11. The van der Waals surface area contributed by atoms with E-state index >= 15 is 0 Å². The molecule has 1 N–H and O–H groups in total. The molecule has 0 amide bonds. The van der Waals surface area contributed by atoms with E-state index in [9.17, 15) is 0 Å². The van der Waals surface area contributed by atoms with E-state index in [1.54, 1.807) is 0 Å².